The van der Waals surface area contributed by atoms with Crippen molar-refractivity contribution in [1.82, 2.24) is 4.67 Å². The third kappa shape index (κ3) is 1.76. The van der Waals surface area contributed by atoms with Gasteiger partial charge < -0.3 is 9.79 Å². The van der Waals surface area contributed by atoms with Gasteiger partial charge in [-0.1, -0.05) is 42.5 Å². The molecule has 0 amide bonds. The quantitative estimate of drug-likeness (QED) is 0.834. The molecule has 0 aromatic heterocycles. The van der Waals surface area contributed by atoms with Crippen LogP contribution in [0.1, 0.15) is 12.0 Å². The van der Waals surface area contributed by atoms with Crippen LogP contribution in [0.5, 0.6) is 0 Å². The van der Waals surface area contributed by atoms with Crippen LogP contribution in [-0.4, -0.2) is 27.5 Å². The second-order valence-corrected chi connectivity index (χ2v) is 7.57. The predicted octanol–water partition coefficient (Wildman–Crippen LogP) is 2.51. The van der Waals surface area contributed by atoms with Gasteiger partial charge in [-0.15, -0.1) is 0 Å². The first-order chi connectivity index (χ1) is 9.49. The second-order valence-electron chi connectivity index (χ2n) is 5.98. The van der Waals surface area contributed by atoms with E-state index < -0.39 is 7.75 Å². The number of rotatable bonds is 2. The highest BCUT2D eigenvalue weighted by Crippen LogP contribution is 2.63. The van der Waals surface area contributed by atoms with E-state index in [0.717, 1.165) is 6.42 Å². The zero-order valence-corrected chi connectivity index (χ0v) is 11.8. The van der Waals surface area contributed by atoms with Crippen LogP contribution in [0.15, 0.2) is 42.5 Å². The van der Waals surface area contributed by atoms with E-state index in [0.29, 0.717) is 19.0 Å². The molecule has 1 heterocycles. The average molecular weight is 289 g/mol. The van der Waals surface area contributed by atoms with E-state index >= 15 is 0 Å². The molecule has 2 atom stereocenters. The number of fused-ring (bicyclic) bond motifs is 2. The van der Waals surface area contributed by atoms with Crippen molar-refractivity contribution in [3.8, 4) is 0 Å². The molecular formula is C15H16NO3P. The molecule has 1 saturated carbocycles. The van der Waals surface area contributed by atoms with Crippen LogP contribution in [0.3, 0.4) is 0 Å². The van der Waals surface area contributed by atoms with Crippen LogP contribution >= 0.6 is 7.75 Å². The van der Waals surface area contributed by atoms with Gasteiger partial charge in [0, 0.05) is 18.5 Å². The zero-order valence-electron chi connectivity index (χ0n) is 10.9. The Morgan fingerprint density at radius 3 is 2.60 bits per heavy atom. The number of nitrogens with zero attached hydrogens (tertiary/aromatic N) is 1. The van der Waals surface area contributed by atoms with Crippen molar-refractivity contribution in [3.63, 3.8) is 0 Å². The third-order valence-corrected chi connectivity index (χ3v) is 5.86. The van der Waals surface area contributed by atoms with E-state index in [9.17, 15) is 14.4 Å². The maximum absolute atomic E-state index is 11.4. The molecular weight excluding hydrogens is 273 g/mol. The molecule has 2 aromatic rings. The van der Waals surface area contributed by atoms with E-state index in [4.69, 9.17) is 0 Å². The summed E-state index contributed by atoms with van der Waals surface area (Å²) in [7, 11) is -4.10. The molecule has 1 aliphatic heterocycles. The molecule has 2 aromatic carbocycles. The molecule has 4 rings (SSSR count). The van der Waals surface area contributed by atoms with E-state index in [1.807, 2.05) is 12.1 Å². The molecule has 0 spiro atoms. The molecule has 20 heavy (non-hydrogen) atoms. The van der Waals surface area contributed by atoms with Crippen molar-refractivity contribution in [3.05, 3.63) is 48.0 Å². The topological polar surface area (TPSA) is 60.8 Å². The second kappa shape index (κ2) is 3.92. The van der Waals surface area contributed by atoms with Gasteiger partial charge >= 0.3 is 7.75 Å². The third-order valence-electron chi connectivity index (χ3n) is 4.82. The summed E-state index contributed by atoms with van der Waals surface area (Å²) < 4.78 is 12.7. The van der Waals surface area contributed by atoms with Gasteiger partial charge in [-0.25, -0.2) is 9.24 Å². The lowest BCUT2D eigenvalue weighted by molar-refractivity contribution is 0.279. The lowest BCUT2D eigenvalue weighted by atomic mass is 9.93. The molecule has 2 N–H and O–H groups in total. The highest BCUT2D eigenvalue weighted by molar-refractivity contribution is 7.49. The summed E-state index contributed by atoms with van der Waals surface area (Å²) in [5.41, 5.74) is 1.18. The van der Waals surface area contributed by atoms with Crippen molar-refractivity contribution >= 4 is 18.5 Å². The molecule has 1 aliphatic carbocycles. The largest absolute Gasteiger partial charge is 0.403 e. The normalized spacial score (nSPS) is 29.6. The molecule has 104 valence electrons. The fraction of sp³-hybridized carbons (Fsp3) is 0.333. The van der Waals surface area contributed by atoms with Gasteiger partial charge in [-0.3, -0.25) is 0 Å². The van der Waals surface area contributed by atoms with Crippen LogP contribution in [0.25, 0.3) is 10.8 Å². The Kier molecular flexibility index (Phi) is 2.46. The maximum Gasteiger partial charge on any atom is 0.403 e. The van der Waals surface area contributed by atoms with Crippen molar-refractivity contribution in [1.29, 1.82) is 0 Å². The smallest absolute Gasteiger partial charge is 0.312 e. The van der Waals surface area contributed by atoms with Gasteiger partial charge in [-0.05, 0) is 28.7 Å². The summed E-state index contributed by atoms with van der Waals surface area (Å²) in [5.74, 6) is 0.385. The number of piperidine rings is 1. The molecule has 2 aliphatic rings. The first-order valence-corrected chi connectivity index (χ1v) is 8.36. The van der Waals surface area contributed by atoms with Crippen LogP contribution in [0, 0.1) is 5.92 Å². The first-order valence-electron chi connectivity index (χ1n) is 6.79. The van der Waals surface area contributed by atoms with Crippen molar-refractivity contribution in [2.75, 3.05) is 13.1 Å². The summed E-state index contributed by atoms with van der Waals surface area (Å²) in [5, 5.41) is 2.40. The van der Waals surface area contributed by atoms with E-state index in [1.165, 1.54) is 21.0 Å². The van der Waals surface area contributed by atoms with Gasteiger partial charge in [-0.2, -0.15) is 0 Å². The fourth-order valence-electron chi connectivity index (χ4n) is 3.60. The lowest BCUT2D eigenvalue weighted by Crippen LogP contribution is -2.23. The number of hydrogen-bond acceptors (Lipinski definition) is 1. The SMILES string of the molecule is O=P(O)(O)N1C[C@H]2C[C@@]2(c2ccc3ccccc3c2)C1. The van der Waals surface area contributed by atoms with Gasteiger partial charge in [0.2, 0.25) is 0 Å². The van der Waals surface area contributed by atoms with Gasteiger partial charge in [0.05, 0.1) is 0 Å². The van der Waals surface area contributed by atoms with Crippen molar-refractivity contribution in [2.24, 2.45) is 5.92 Å². The van der Waals surface area contributed by atoms with Gasteiger partial charge in [0.25, 0.3) is 0 Å². The summed E-state index contributed by atoms with van der Waals surface area (Å²) >= 11 is 0. The number of hydrogen-bond donors (Lipinski definition) is 2. The van der Waals surface area contributed by atoms with Crippen LogP contribution < -0.4 is 0 Å². The van der Waals surface area contributed by atoms with E-state index in [-0.39, 0.29) is 5.41 Å². The highest BCUT2D eigenvalue weighted by atomic mass is 31.2. The van der Waals surface area contributed by atoms with Gasteiger partial charge in [0.15, 0.2) is 0 Å². The Bertz CT molecular complexity index is 741. The minimum Gasteiger partial charge on any atom is -0.312 e. The monoisotopic (exact) mass is 289 g/mol. The molecule has 0 radical (unpaired) electrons. The Labute approximate surface area is 117 Å². The van der Waals surface area contributed by atoms with Crippen LogP contribution in [0.2, 0.25) is 0 Å². The lowest BCUT2D eigenvalue weighted by Gasteiger charge is -2.21. The maximum atomic E-state index is 11.4. The van der Waals surface area contributed by atoms with Gasteiger partial charge in [0.1, 0.15) is 0 Å². The Hall–Kier alpha value is -1.19. The molecule has 2 fully saturated rings. The Morgan fingerprint density at radius 1 is 1.15 bits per heavy atom. The zero-order chi connectivity index (χ0) is 14.0. The van der Waals surface area contributed by atoms with E-state index in [2.05, 4.69) is 30.3 Å². The van der Waals surface area contributed by atoms with E-state index in [1.54, 1.807) is 0 Å². The molecule has 0 bridgehead atoms. The standard InChI is InChI=1S/C15H16NO3P/c17-20(18,19)16-9-14-8-15(14,10-16)13-6-5-11-3-1-2-4-12(11)7-13/h1-7,14H,8-10H2,(H2,17,18,19)/t14-,15+/m1/s1. The molecule has 5 heteroatoms. The predicted molar refractivity (Wildman–Crippen MR) is 77.4 cm³/mol. The highest BCUT2D eigenvalue weighted by Gasteiger charge is 2.63. The van der Waals surface area contributed by atoms with Crippen LogP contribution in [-0.2, 0) is 9.98 Å². The Morgan fingerprint density at radius 2 is 1.90 bits per heavy atom. The number of benzene rings is 2. The summed E-state index contributed by atoms with van der Waals surface area (Å²) in [6.07, 6.45) is 1.04. The summed E-state index contributed by atoms with van der Waals surface area (Å²) in [4.78, 5) is 18.7. The van der Waals surface area contributed by atoms with Crippen molar-refractivity contribution in [2.45, 2.75) is 11.8 Å². The summed E-state index contributed by atoms with van der Waals surface area (Å²) in [6.45, 7) is 0.984. The minimum absolute atomic E-state index is 0.0366. The molecule has 4 nitrogen and oxygen atoms in total. The fourth-order valence-corrected chi connectivity index (χ4v) is 4.45. The molecule has 1 saturated heterocycles. The van der Waals surface area contributed by atoms with Crippen molar-refractivity contribution < 1.29 is 14.4 Å². The average Bonchev–Trinajstić information content (AvgIpc) is 2.99. The minimum atomic E-state index is -4.10. The summed E-state index contributed by atoms with van der Waals surface area (Å²) in [6, 6.07) is 14.6. The Balaban J connectivity index is 1.72. The first kappa shape index (κ1) is 12.5. The molecule has 0 unspecified atom stereocenters. The van der Waals surface area contributed by atoms with Crippen LogP contribution in [0.4, 0.5) is 0 Å².